The molecule has 0 radical (unpaired) electrons. The van der Waals surface area contributed by atoms with Gasteiger partial charge in [0, 0.05) is 57.4 Å². The molecule has 9 nitrogen and oxygen atoms in total. The fraction of sp³-hybridized carbons (Fsp3) is 0.300. The van der Waals surface area contributed by atoms with E-state index in [4.69, 9.17) is 27.9 Å². The van der Waals surface area contributed by atoms with Crippen LogP contribution in [0.4, 0.5) is 15.8 Å². The zero-order valence-corrected chi connectivity index (χ0v) is 24.9. The van der Waals surface area contributed by atoms with Gasteiger partial charge in [0.25, 0.3) is 0 Å². The van der Waals surface area contributed by atoms with E-state index in [1.54, 1.807) is 42.9 Å². The number of ether oxygens (including phenoxy) is 1. The normalized spacial score (nSPS) is 13.3. The number of anilines is 2. The summed E-state index contributed by atoms with van der Waals surface area (Å²) in [6.45, 7) is 1.62. The van der Waals surface area contributed by atoms with E-state index >= 15 is 0 Å². The fourth-order valence-corrected chi connectivity index (χ4v) is 5.41. The van der Waals surface area contributed by atoms with Gasteiger partial charge in [-0.05, 0) is 55.7 Å². The molecule has 0 unspecified atom stereocenters. The maximum atomic E-state index is 14.0. The molecule has 1 saturated heterocycles. The van der Waals surface area contributed by atoms with Crippen LogP contribution in [-0.2, 0) is 30.2 Å². The van der Waals surface area contributed by atoms with E-state index in [0.717, 1.165) is 49.6 Å². The molecule has 2 heterocycles. The van der Waals surface area contributed by atoms with Crippen LogP contribution in [0.3, 0.4) is 0 Å². The molecule has 1 N–H and O–H groups in total. The van der Waals surface area contributed by atoms with Crippen molar-refractivity contribution in [2.75, 3.05) is 30.4 Å². The number of piperidine rings is 1. The van der Waals surface area contributed by atoms with E-state index in [0.29, 0.717) is 27.5 Å². The molecule has 1 aromatic heterocycles. The number of nitrogens with one attached hydrogen (secondary N) is 1. The molecule has 0 atom stereocenters. The van der Waals surface area contributed by atoms with Crippen LogP contribution in [0, 0.1) is 5.82 Å². The zero-order chi connectivity index (χ0) is 30.1. The number of likely N-dealkylation sites (N-methyl/N-ethyl adjacent to an activating group) is 1. The van der Waals surface area contributed by atoms with Gasteiger partial charge in [-0.25, -0.2) is 9.18 Å². The first-order valence-corrected chi connectivity index (χ1v) is 14.2. The monoisotopic (exact) mass is 613 g/mol. The lowest BCUT2D eigenvalue weighted by molar-refractivity contribution is -0.142. The highest BCUT2D eigenvalue weighted by Crippen LogP contribution is 2.34. The maximum Gasteiger partial charge on any atom is 0.328 e. The van der Waals surface area contributed by atoms with E-state index < -0.39 is 17.6 Å². The first kappa shape index (κ1) is 29.5. The van der Waals surface area contributed by atoms with Gasteiger partial charge in [-0.1, -0.05) is 29.3 Å². The predicted molar refractivity (Wildman–Crippen MR) is 162 cm³/mol. The minimum absolute atomic E-state index is 0.0139. The number of fused-ring (bicyclic) bond motifs is 1. The molecule has 1 aliphatic rings. The number of imidazole rings is 1. The Morgan fingerprint density at radius 3 is 2.36 bits per heavy atom. The minimum atomic E-state index is -0.827. The van der Waals surface area contributed by atoms with Crippen LogP contribution in [0.25, 0.3) is 11.0 Å². The summed E-state index contributed by atoms with van der Waals surface area (Å²) in [5.74, 6) is -1.75. The number of amides is 2. The fourth-order valence-electron chi connectivity index (χ4n) is 5.13. The van der Waals surface area contributed by atoms with Crippen LogP contribution in [0.15, 0.2) is 53.3 Å². The molecule has 0 saturated carbocycles. The maximum absolute atomic E-state index is 14.0. The van der Waals surface area contributed by atoms with Gasteiger partial charge < -0.3 is 19.9 Å². The number of hydrogen-bond donors (Lipinski definition) is 1. The van der Waals surface area contributed by atoms with Crippen LogP contribution < -0.4 is 20.6 Å². The number of halogens is 3. The molecule has 12 heteroatoms. The Balaban J connectivity index is 1.38. The second-order valence-corrected chi connectivity index (χ2v) is 11.2. The molecule has 42 heavy (non-hydrogen) atoms. The lowest BCUT2D eigenvalue weighted by atomic mass is 10.1. The van der Waals surface area contributed by atoms with Crippen LogP contribution >= 0.6 is 23.2 Å². The lowest BCUT2D eigenvalue weighted by Gasteiger charge is -2.31. The number of aromatic nitrogens is 2. The number of carbonyl (C=O) groups is 2. The van der Waals surface area contributed by atoms with Crippen molar-refractivity contribution < 1.29 is 18.7 Å². The molecule has 0 spiro atoms. The second-order valence-electron chi connectivity index (χ2n) is 10.4. The van der Waals surface area contributed by atoms with Gasteiger partial charge in [0.15, 0.2) is 0 Å². The van der Waals surface area contributed by atoms with Crippen LogP contribution in [0.2, 0.25) is 10.0 Å². The quantitative estimate of drug-likeness (QED) is 0.282. The van der Waals surface area contributed by atoms with Crippen LogP contribution in [0.5, 0.6) is 11.5 Å². The Kier molecular flexibility index (Phi) is 8.47. The summed E-state index contributed by atoms with van der Waals surface area (Å²) in [5, 5.41) is 3.14. The Labute approximate surface area is 252 Å². The summed E-state index contributed by atoms with van der Waals surface area (Å²) >= 11 is 12.0. The average molecular weight is 615 g/mol. The Hall–Kier alpha value is -4.02. The van der Waals surface area contributed by atoms with Crippen LogP contribution in [-0.4, -0.2) is 46.0 Å². The molecule has 1 aliphatic heterocycles. The first-order valence-electron chi connectivity index (χ1n) is 13.5. The number of aryl methyl sites for hydroxylation is 2. The number of hydrogen-bond acceptors (Lipinski definition) is 5. The Morgan fingerprint density at radius 2 is 1.67 bits per heavy atom. The van der Waals surface area contributed by atoms with Crippen molar-refractivity contribution in [3.63, 3.8) is 0 Å². The SMILES string of the molecule is CN(Cc1ccc(Cl)cc1Oc1ccc(Cl)c(F)c1)C(=O)C(=O)Nc1cc2c(cc1N1CCCCC1)n(C)c(=O)n2C. The molecule has 4 aromatic rings. The van der Waals surface area contributed by atoms with Crippen molar-refractivity contribution in [1.82, 2.24) is 14.0 Å². The number of rotatable bonds is 6. The molecular formula is C30H30Cl2FN5O4. The van der Waals surface area contributed by atoms with Gasteiger partial charge in [0.05, 0.1) is 27.4 Å². The average Bonchev–Trinajstić information content (AvgIpc) is 3.18. The summed E-state index contributed by atoms with van der Waals surface area (Å²) in [6.07, 6.45) is 3.14. The molecule has 5 rings (SSSR count). The van der Waals surface area contributed by atoms with Gasteiger partial charge in [0.2, 0.25) is 0 Å². The van der Waals surface area contributed by atoms with E-state index in [-0.39, 0.29) is 23.0 Å². The molecule has 0 bridgehead atoms. The van der Waals surface area contributed by atoms with Crippen molar-refractivity contribution in [3.8, 4) is 11.5 Å². The Bertz CT molecular complexity index is 1750. The first-order chi connectivity index (χ1) is 20.0. The van der Waals surface area contributed by atoms with Gasteiger partial charge in [0.1, 0.15) is 17.3 Å². The number of carbonyl (C=O) groups excluding carboxylic acids is 2. The summed E-state index contributed by atoms with van der Waals surface area (Å²) < 4.78 is 22.9. The van der Waals surface area contributed by atoms with Crippen LogP contribution in [0.1, 0.15) is 24.8 Å². The van der Waals surface area contributed by atoms with Gasteiger partial charge in [-0.3, -0.25) is 18.7 Å². The summed E-state index contributed by atoms with van der Waals surface area (Å²) in [7, 11) is 4.87. The smallest absolute Gasteiger partial charge is 0.328 e. The standard InChI is InChI=1S/C30H30Cl2FN5O4/c1-35(17-18-7-8-19(31)13-27(18)42-20-9-10-21(32)22(33)14-20)29(40)28(39)34-23-15-25-26(37(3)30(41)36(25)2)16-24(23)38-11-5-4-6-12-38/h7-10,13-16H,4-6,11-12,17H2,1-3H3,(H,34,39). The van der Waals surface area contributed by atoms with E-state index in [2.05, 4.69) is 10.2 Å². The summed E-state index contributed by atoms with van der Waals surface area (Å²) in [4.78, 5) is 42.5. The van der Waals surface area contributed by atoms with Gasteiger partial charge in [-0.2, -0.15) is 0 Å². The third-order valence-electron chi connectivity index (χ3n) is 7.43. The summed E-state index contributed by atoms with van der Waals surface area (Å²) in [6, 6.07) is 12.5. The highest BCUT2D eigenvalue weighted by Gasteiger charge is 2.25. The third kappa shape index (κ3) is 5.96. The van der Waals surface area contributed by atoms with Crippen molar-refractivity contribution in [2.45, 2.75) is 25.8 Å². The van der Waals surface area contributed by atoms with Gasteiger partial charge >= 0.3 is 17.5 Å². The molecule has 220 valence electrons. The molecule has 0 aliphatic carbocycles. The van der Waals surface area contributed by atoms with Crippen molar-refractivity contribution in [3.05, 3.63) is 80.4 Å². The summed E-state index contributed by atoms with van der Waals surface area (Å²) in [5.41, 5.74) is 2.96. The number of nitrogens with zero attached hydrogens (tertiary/aromatic N) is 4. The second kappa shape index (κ2) is 12.1. The largest absolute Gasteiger partial charge is 0.457 e. The molecule has 2 amide bonds. The molecular weight excluding hydrogens is 584 g/mol. The topological polar surface area (TPSA) is 88.8 Å². The lowest BCUT2D eigenvalue weighted by Crippen LogP contribution is -2.37. The molecule has 3 aromatic carbocycles. The van der Waals surface area contributed by atoms with E-state index in [1.165, 1.54) is 28.6 Å². The van der Waals surface area contributed by atoms with Crippen molar-refractivity contribution in [1.29, 1.82) is 0 Å². The Morgan fingerprint density at radius 1 is 0.976 bits per heavy atom. The van der Waals surface area contributed by atoms with E-state index in [1.807, 2.05) is 6.07 Å². The third-order valence-corrected chi connectivity index (χ3v) is 7.97. The van der Waals surface area contributed by atoms with Crippen molar-refractivity contribution in [2.24, 2.45) is 14.1 Å². The van der Waals surface area contributed by atoms with E-state index in [9.17, 15) is 18.8 Å². The van der Waals surface area contributed by atoms with Gasteiger partial charge in [-0.15, -0.1) is 0 Å². The highest BCUT2D eigenvalue weighted by atomic mass is 35.5. The van der Waals surface area contributed by atoms with Crippen molar-refractivity contribution >= 4 is 57.4 Å². The minimum Gasteiger partial charge on any atom is -0.457 e. The number of benzene rings is 3. The molecule has 1 fully saturated rings. The zero-order valence-electron chi connectivity index (χ0n) is 23.4. The highest BCUT2D eigenvalue weighted by molar-refractivity contribution is 6.40. The predicted octanol–water partition coefficient (Wildman–Crippen LogP) is 5.70.